The fraction of sp³-hybridized carbons (Fsp3) is 0.222. The minimum atomic E-state index is -0.986. The van der Waals surface area contributed by atoms with E-state index in [-0.39, 0.29) is 17.5 Å². The summed E-state index contributed by atoms with van der Waals surface area (Å²) in [5.41, 5.74) is 0.875. The second-order valence-electron chi connectivity index (χ2n) is 5.46. The highest BCUT2D eigenvalue weighted by atomic mass is 35.5. The zero-order valence-corrected chi connectivity index (χ0v) is 13.1. The first-order valence-electron chi connectivity index (χ1n) is 7.46. The van der Waals surface area contributed by atoms with Crippen molar-refractivity contribution in [3.8, 4) is 0 Å². The van der Waals surface area contributed by atoms with Crippen LogP contribution in [0.3, 0.4) is 0 Å². The van der Waals surface area contributed by atoms with E-state index in [0.717, 1.165) is 12.8 Å². The predicted octanol–water partition coefficient (Wildman–Crippen LogP) is 3.52. The van der Waals surface area contributed by atoms with Crippen LogP contribution >= 0.6 is 11.6 Å². The number of rotatable bonds is 5. The number of carbonyl (C=O) groups excluding carboxylic acids is 2. The van der Waals surface area contributed by atoms with Gasteiger partial charge in [-0.05, 0) is 25.0 Å². The van der Waals surface area contributed by atoms with Crippen molar-refractivity contribution in [1.82, 2.24) is 5.32 Å². The number of halogens is 1. The topological polar surface area (TPSA) is 55.4 Å². The molecule has 0 bridgehead atoms. The molecule has 0 aromatic heterocycles. The van der Waals surface area contributed by atoms with Crippen LogP contribution < -0.4 is 5.32 Å². The number of esters is 1. The molecule has 2 aromatic carbocycles. The second kappa shape index (κ2) is 6.84. The van der Waals surface area contributed by atoms with Gasteiger partial charge in [0.25, 0.3) is 5.91 Å². The van der Waals surface area contributed by atoms with E-state index in [2.05, 4.69) is 5.32 Å². The normalized spacial score (nSPS) is 14.8. The van der Waals surface area contributed by atoms with Crippen LogP contribution in [0.25, 0.3) is 0 Å². The molecule has 118 valence electrons. The molecule has 5 heteroatoms. The molecule has 1 aliphatic carbocycles. The Morgan fingerprint density at radius 3 is 2.35 bits per heavy atom. The molecule has 4 nitrogen and oxygen atoms in total. The number of ether oxygens (including phenoxy) is 1. The average Bonchev–Trinajstić information content (AvgIpc) is 3.37. The molecule has 1 atom stereocenters. The maximum Gasteiger partial charge on any atom is 0.340 e. The highest BCUT2D eigenvalue weighted by Gasteiger charge is 2.31. The number of benzene rings is 2. The van der Waals surface area contributed by atoms with Gasteiger partial charge in [0.05, 0.1) is 10.6 Å². The number of carbonyl (C=O) groups is 2. The van der Waals surface area contributed by atoms with Gasteiger partial charge in [0.1, 0.15) is 0 Å². The van der Waals surface area contributed by atoms with E-state index in [1.807, 2.05) is 6.07 Å². The Morgan fingerprint density at radius 2 is 1.70 bits per heavy atom. The lowest BCUT2D eigenvalue weighted by molar-refractivity contribution is -0.130. The van der Waals surface area contributed by atoms with Crippen LogP contribution in [0, 0.1) is 0 Å². The Morgan fingerprint density at radius 1 is 1.04 bits per heavy atom. The predicted molar refractivity (Wildman–Crippen MR) is 87.2 cm³/mol. The highest BCUT2D eigenvalue weighted by Crippen LogP contribution is 2.25. The monoisotopic (exact) mass is 329 g/mol. The van der Waals surface area contributed by atoms with E-state index >= 15 is 0 Å². The summed E-state index contributed by atoms with van der Waals surface area (Å²) in [7, 11) is 0. The first-order valence-corrected chi connectivity index (χ1v) is 7.84. The van der Waals surface area contributed by atoms with Gasteiger partial charge < -0.3 is 10.1 Å². The van der Waals surface area contributed by atoms with Crippen molar-refractivity contribution in [2.45, 2.75) is 25.0 Å². The number of nitrogens with one attached hydrogen (secondary N) is 1. The molecular weight excluding hydrogens is 314 g/mol. The largest absolute Gasteiger partial charge is 0.444 e. The van der Waals surface area contributed by atoms with Crippen molar-refractivity contribution in [2.75, 3.05) is 0 Å². The zero-order valence-electron chi connectivity index (χ0n) is 12.4. The third-order valence-electron chi connectivity index (χ3n) is 3.58. The molecule has 1 saturated carbocycles. The van der Waals surface area contributed by atoms with E-state index < -0.39 is 12.1 Å². The van der Waals surface area contributed by atoms with Gasteiger partial charge in [-0.1, -0.05) is 54.1 Å². The first kappa shape index (κ1) is 15.6. The highest BCUT2D eigenvalue weighted by molar-refractivity contribution is 6.33. The van der Waals surface area contributed by atoms with E-state index in [9.17, 15) is 9.59 Å². The number of hydrogen-bond donors (Lipinski definition) is 1. The van der Waals surface area contributed by atoms with Gasteiger partial charge in [0, 0.05) is 11.6 Å². The van der Waals surface area contributed by atoms with Gasteiger partial charge in [-0.15, -0.1) is 0 Å². The van der Waals surface area contributed by atoms with Crippen LogP contribution in [-0.4, -0.2) is 17.9 Å². The van der Waals surface area contributed by atoms with Crippen LogP contribution in [-0.2, 0) is 9.53 Å². The van der Waals surface area contributed by atoms with Crippen molar-refractivity contribution >= 4 is 23.5 Å². The van der Waals surface area contributed by atoms with Crippen molar-refractivity contribution in [3.63, 3.8) is 0 Å². The molecule has 0 spiro atoms. The smallest absolute Gasteiger partial charge is 0.340 e. The van der Waals surface area contributed by atoms with Gasteiger partial charge in [0.2, 0.25) is 6.10 Å². The molecule has 23 heavy (non-hydrogen) atoms. The molecule has 3 rings (SSSR count). The van der Waals surface area contributed by atoms with Gasteiger partial charge in [-0.3, -0.25) is 4.79 Å². The van der Waals surface area contributed by atoms with Crippen molar-refractivity contribution < 1.29 is 14.3 Å². The summed E-state index contributed by atoms with van der Waals surface area (Å²) >= 11 is 6.02. The zero-order chi connectivity index (χ0) is 16.2. The van der Waals surface area contributed by atoms with Crippen molar-refractivity contribution in [1.29, 1.82) is 0 Å². The molecule has 2 aromatic rings. The summed E-state index contributed by atoms with van der Waals surface area (Å²) in [5.74, 6) is -0.922. The quantitative estimate of drug-likeness (QED) is 0.854. The molecule has 1 amide bonds. The van der Waals surface area contributed by atoms with E-state index in [1.165, 1.54) is 0 Å². The Labute approximate surface area is 139 Å². The SMILES string of the molecule is O=C(O[C@H](C(=O)NC1CC1)c1ccccc1)c1ccccc1Cl. The van der Waals surface area contributed by atoms with E-state index in [0.29, 0.717) is 10.6 Å². The molecule has 0 saturated heterocycles. The summed E-state index contributed by atoms with van der Waals surface area (Å²) in [5, 5.41) is 3.17. The minimum Gasteiger partial charge on any atom is -0.444 e. The maximum atomic E-state index is 12.4. The Bertz CT molecular complexity index is 713. The Balaban J connectivity index is 1.82. The lowest BCUT2D eigenvalue weighted by atomic mass is 10.1. The minimum absolute atomic E-state index is 0.188. The van der Waals surface area contributed by atoms with Crippen LogP contribution in [0.5, 0.6) is 0 Å². The fourth-order valence-corrected chi connectivity index (χ4v) is 2.42. The maximum absolute atomic E-state index is 12.4. The summed E-state index contributed by atoms with van der Waals surface area (Å²) < 4.78 is 5.46. The lowest BCUT2D eigenvalue weighted by Gasteiger charge is -2.18. The molecular formula is C18H16ClNO3. The number of hydrogen-bond acceptors (Lipinski definition) is 3. The summed E-state index contributed by atoms with van der Waals surface area (Å²) in [6.07, 6.45) is 0.942. The summed E-state index contributed by atoms with van der Waals surface area (Å²) in [6, 6.07) is 15.8. The molecule has 1 N–H and O–H groups in total. The third-order valence-corrected chi connectivity index (χ3v) is 3.91. The van der Waals surface area contributed by atoms with Crippen LogP contribution in [0.2, 0.25) is 5.02 Å². The molecule has 1 fully saturated rings. The molecule has 0 radical (unpaired) electrons. The van der Waals surface area contributed by atoms with Gasteiger partial charge in [-0.2, -0.15) is 0 Å². The second-order valence-corrected chi connectivity index (χ2v) is 5.87. The lowest BCUT2D eigenvalue weighted by Crippen LogP contribution is -2.33. The van der Waals surface area contributed by atoms with Crippen LogP contribution in [0.15, 0.2) is 54.6 Å². The van der Waals surface area contributed by atoms with E-state index in [1.54, 1.807) is 48.5 Å². The van der Waals surface area contributed by atoms with Crippen molar-refractivity contribution in [3.05, 3.63) is 70.7 Å². The molecule has 0 aliphatic heterocycles. The van der Waals surface area contributed by atoms with E-state index in [4.69, 9.17) is 16.3 Å². The van der Waals surface area contributed by atoms with Crippen LogP contribution in [0.1, 0.15) is 34.9 Å². The molecule has 1 aliphatic rings. The summed E-state index contributed by atoms with van der Waals surface area (Å²) in [4.78, 5) is 24.8. The van der Waals surface area contributed by atoms with Crippen molar-refractivity contribution in [2.24, 2.45) is 0 Å². The fourth-order valence-electron chi connectivity index (χ4n) is 2.20. The first-order chi connectivity index (χ1) is 11.1. The molecule has 0 unspecified atom stereocenters. The Hall–Kier alpha value is -2.33. The van der Waals surface area contributed by atoms with Gasteiger partial charge in [-0.25, -0.2) is 4.79 Å². The Kier molecular flexibility index (Phi) is 4.63. The third kappa shape index (κ3) is 3.90. The molecule has 0 heterocycles. The number of amides is 1. The van der Waals surface area contributed by atoms with Crippen LogP contribution in [0.4, 0.5) is 0 Å². The average molecular weight is 330 g/mol. The standard InChI is InChI=1S/C18H16ClNO3/c19-15-9-5-4-8-14(15)18(22)23-16(12-6-2-1-3-7-12)17(21)20-13-10-11-13/h1-9,13,16H,10-11H2,(H,20,21)/t16-/m0/s1. The van der Waals surface area contributed by atoms with Gasteiger partial charge >= 0.3 is 5.97 Å². The summed E-state index contributed by atoms with van der Waals surface area (Å²) in [6.45, 7) is 0. The van der Waals surface area contributed by atoms with Gasteiger partial charge in [0.15, 0.2) is 0 Å².